The Bertz CT molecular complexity index is 787. The minimum Gasteiger partial charge on any atom is -0.399 e. The Morgan fingerprint density at radius 1 is 1.22 bits per heavy atom. The zero-order valence-corrected chi connectivity index (χ0v) is 12.8. The Morgan fingerprint density at radius 3 is 2.65 bits per heavy atom. The maximum Gasteiger partial charge on any atom is 0.264 e. The van der Waals surface area contributed by atoms with E-state index in [-0.39, 0.29) is 12.2 Å². The Morgan fingerprint density at radius 2 is 1.96 bits per heavy atom. The van der Waals surface area contributed by atoms with E-state index in [0.29, 0.717) is 29.0 Å². The summed E-state index contributed by atoms with van der Waals surface area (Å²) in [6.45, 7) is 2.27. The van der Waals surface area contributed by atoms with Crippen molar-refractivity contribution < 1.29 is 14.7 Å². The lowest BCUT2D eigenvalue weighted by molar-refractivity contribution is -0.135. The molecule has 1 amide bonds. The standard InChI is InChI=1S/C18H18N2O3/c1-2-20-15-9-4-3-8-14(15)18(23,17(20)22)11-16(21)12-6-5-7-13(19)10-12/h3-10,23H,2,11,19H2,1H3. The highest BCUT2D eigenvalue weighted by Gasteiger charge is 2.50. The first kappa shape index (κ1) is 15.2. The van der Waals surface area contributed by atoms with Gasteiger partial charge in [-0.25, -0.2) is 0 Å². The molecule has 0 saturated heterocycles. The number of Topliss-reactive ketones (excluding diaryl/α,β-unsaturated/α-hetero) is 1. The molecule has 1 atom stereocenters. The van der Waals surface area contributed by atoms with E-state index in [9.17, 15) is 14.7 Å². The number of aliphatic hydroxyl groups is 1. The molecule has 3 N–H and O–H groups in total. The molecule has 5 nitrogen and oxygen atoms in total. The van der Waals surface area contributed by atoms with Crippen LogP contribution in [0.25, 0.3) is 0 Å². The number of likely N-dealkylation sites (N-methyl/N-ethyl adjacent to an activating group) is 1. The maximum absolute atomic E-state index is 12.6. The van der Waals surface area contributed by atoms with Gasteiger partial charge in [-0.3, -0.25) is 9.59 Å². The first-order valence-corrected chi connectivity index (χ1v) is 7.50. The summed E-state index contributed by atoms with van der Waals surface area (Å²) in [6.07, 6.45) is -0.303. The fraction of sp³-hybridized carbons (Fsp3) is 0.222. The zero-order chi connectivity index (χ0) is 16.6. The number of nitrogens with zero attached hydrogens (tertiary/aromatic N) is 1. The van der Waals surface area contributed by atoms with Gasteiger partial charge in [-0.2, -0.15) is 0 Å². The third-order valence-corrected chi connectivity index (χ3v) is 4.18. The second kappa shape index (κ2) is 5.52. The third kappa shape index (κ3) is 2.39. The molecule has 0 aromatic heterocycles. The number of ketones is 1. The number of para-hydroxylation sites is 1. The van der Waals surface area contributed by atoms with Gasteiger partial charge in [-0.05, 0) is 25.1 Å². The van der Waals surface area contributed by atoms with Gasteiger partial charge < -0.3 is 15.7 Å². The van der Waals surface area contributed by atoms with Crippen LogP contribution < -0.4 is 10.6 Å². The largest absolute Gasteiger partial charge is 0.399 e. The lowest BCUT2D eigenvalue weighted by atomic mass is 9.88. The van der Waals surface area contributed by atoms with E-state index in [1.54, 1.807) is 48.5 Å². The summed E-state index contributed by atoms with van der Waals surface area (Å²) in [5.41, 5.74) is 5.86. The van der Waals surface area contributed by atoms with E-state index in [0.717, 1.165) is 0 Å². The molecule has 1 unspecified atom stereocenters. The van der Waals surface area contributed by atoms with Crippen molar-refractivity contribution >= 4 is 23.1 Å². The first-order valence-electron chi connectivity index (χ1n) is 7.50. The van der Waals surface area contributed by atoms with Gasteiger partial charge in [-0.1, -0.05) is 30.3 Å². The average Bonchev–Trinajstić information content (AvgIpc) is 2.75. The molecule has 2 aromatic rings. The van der Waals surface area contributed by atoms with Gasteiger partial charge in [-0.15, -0.1) is 0 Å². The average molecular weight is 310 g/mol. The van der Waals surface area contributed by atoms with Crippen LogP contribution in [0, 0.1) is 0 Å². The Labute approximate surface area is 134 Å². The summed E-state index contributed by atoms with van der Waals surface area (Å²) in [6, 6.07) is 13.6. The van der Waals surface area contributed by atoms with Crippen LogP contribution in [0.1, 0.15) is 29.3 Å². The van der Waals surface area contributed by atoms with Crippen molar-refractivity contribution in [2.45, 2.75) is 18.9 Å². The number of anilines is 2. The van der Waals surface area contributed by atoms with Crippen molar-refractivity contribution in [1.29, 1.82) is 0 Å². The van der Waals surface area contributed by atoms with Crippen LogP contribution in [0.15, 0.2) is 48.5 Å². The van der Waals surface area contributed by atoms with Crippen LogP contribution in [-0.4, -0.2) is 23.3 Å². The molecule has 0 bridgehead atoms. The molecule has 2 aromatic carbocycles. The van der Waals surface area contributed by atoms with Crippen LogP contribution in [-0.2, 0) is 10.4 Å². The van der Waals surface area contributed by atoms with Crippen LogP contribution in [0.4, 0.5) is 11.4 Å². The highest BCUT2D eigenvalue weighted by Crippen LogP contribution is 2.42. The number of rotatable bonds is 4. The summed E-state index contributed by atoms with van der Waals surface area (Å²) in [7, 11) is 0. The summed E-state index contributed by atoms with van der Waals surface area (Å²) >= 11 is 0. The Balaban J connectivity index is 1.98. The number of amides is 1. The van der Waals surface area contributed by atoms with Gasteiger partial charge in [0.1, 0.15) is 0 Å². The van der Waals surface area contributed by atoms with Crippen LogP contribution >= 0.6 is 0 Å². The fourth-order valence-corrected chi connectivity index (χ4v) is 3.04. The Hall–Kier alpha value is -2.66. The van der Waals surface area contributed by atoms with Crippen molar-refractivity contribution in [2.24, 2.45) is 0 Å². The summed E-state index contributed by atoms with van der Waals surface area (Å²) < 4.78 is 0. The lowest BCUT2D eigenvalue weighted by Gasteiger charge is -2.22. The maximum atomic E-state index is 12.6. The van der Waals surface area contributed by atoms with Crippen molar-refractivity contribution in [3.8, 4) is 0 Å². The molecular weight excluding hydrogens is 292 g/mol. The van der Waals surface area contributed by atoms with Crippen molar-refractivity contribution in [3.63, 3.8) is 0 Å². The fourth-order valence-electron chi connectivity index (χ4n) is 3.04. The number of fused-ring (bicyclic) bond motifs is 1. The number of nitrogens with two attached hydrogens (primary N) is 1. The molecule has 1 aliphatic rings. The van der Waals surface area contributed by atoms with Gasteiger partial charge in [0, 0.05) is 23.4 Å². The van der Waals surface area contributed by atoms with Gasteiger partial charge in [0.2, 0.25) is 0 Å². The number of hydrogen-bond acceptors (Lipinski definition) is 4. The molecule has 5 heteroatoms. The van der Waals surface area contributed by atoms with Crippen LogP contribution in [0.5, 0.6) is 0 Å². The molecule has 0 aliphatic carbocycles. The highest BCUT2D eigenvalue weighted by molar-refractivity contribution is 6.10. The van der Waals surface area contributed by atoms with Crippen molar-refractivity contribution in [3.05, 3.63) is 59.7 Å². The number of carbonyl (C=O) groups is 2. The van der Waals surface area contributed by atoms with E-state index < -0.39 is 11.5 Å². The van der Waals surface area contributed by atoms with Crippen LogP contribution in [0.2, 0.25) is 0 Å². The van der Waals surface area contributed by atoms with E-state index in [2.05, 4.69) is 0 Å². The zero-order valence-electron chi connectivity index (χ0n) is 12.8. The lowest BCUT2D eigenvalue weighted by Crippen LogP contribution is -2.41. The molecule has 1 heterocycles. The smallest absolute Gasteiger partial charge is 0.264 e. The molecule has 3 rings (SSSR count). The molecular formula is C18H18N2O3. The predicted octanol–water partition coefficient (Wildman–Crippen LogP) is 2.10. The first-order chi connectivity index (χ1) is 11.0. The third-order valence-electron chi connectivity index (χ3n) is 4.18. The van der Waals surface area contributed by atoms with Gasteiger partial charge >= 0.3 is 0 Å². The SMILES string of the molecule is CCN1C(=O)C(O)(CC(=O)c2cccc(N)c2)c2ccccc21. The predicted molar refractivity (Wildman–Crippen MR) is 88.2 cm³/mol. The van der Waals surface area contributed by atoms with Gasteiger partial charge in [0.25, 0.3) is 5.91 Å². The normalized spacial score (nSPS) is 19.7. The second-order valence-corrected chi connectivity index (χ2v) is 5.65. The van der Waals surface area contributed by atoms with E-state index in [1.165, 1.54) is 4.90 Å². The van der Waals surface area contributed by atoms with Crippen molar-refractivity contribution in [2.75, 3.05) is 17.2 Å². The molecule has 1 aliphatic heterocycles. The van der Waals surface area contributed by atoms with E-state index in [4.69, 9.17) is 5.73 Å². The van der Waals surface area contributed by atoms with Gasteiger partial charge in [0.15, 0.2) is 11.4 Å². The summed E-state index contributed by atoms with van der Waals surface area (Å²) in [4.78, 5) is 26.7. The summed E-state index contributed by atoms with van der Waals surface area (Å²) in [5, 5.41) is 11.0. The number of hydrogen-bond donors (Lipinski definition) is 2. The Kier molecular flexibility index (Phi) is 3.66. The summed E-state index contributed by atoms with van der Waals surface area (Å²) in [5.74, 6) is -0.778. The van der Waals surface area contributed by atoms with Gasteiger partial charge in [0.05, 0.1) is 12.1 Å². The minimum absolute atomic E-state index is 0.303. The number of nitrogen functional groups attached to an aromatic ring is 1. The monoisotopic (exact) mass is 310 g/mol. The molecule has 23 heavy (non-hydrogen) atoms. The minimum atomic E-state index is -1.83. The molecule has 0 radical (unpaired) electrons. The van der Waals surface area contributed by atoms with E-state index in [1.807, 2.05) is 6.92 Å². The molecule has 118 valence electrons. The molecule has 0 spiro atoms. The van der Waals surface area contributed by atoms with Crippen molar-refractivity contribution in [1.82, 2.24) is 0 Å². The highest BCUT2D eigenvalue weighted by atomic mass is 16.3. The number of benzene rings is 2. The second-order valence-electron chi connectivity index (χ2n) is 5.65. The molecule has 0 fully saturated rings. The number of carbonyl (C=O) groups excluding carboxylic acids is 2. The quantitative estimate of drug-likeness (QED) is 0.669. The molecule has 0 saturated carbocycles. The van der Waals surface area contributed by atoms with Crippen LogP contribution in [0.3, 0.4) is 0 Å². The topological polar surface area (TPSA) is 83.6 Å². The van der Waals surface area contributed by atoms with E-state index >= 15 is 0 Å².